The van der Waals surface area contributed by atoms with Crippen LogP contribution in [0.2, 0.25) is 0 Å². The molecule has 1 heterocycles. The quantitative estimate of drug-likeness (QED) is 0.778. The van der Waals surface area contributed by atoms with Gasteiger partial charge in [-0.2, -0.15) is 0 Å². The Morgan fingerprint density at radius 3 is 2.75 bits per heavy atom. The van der Waals surface area contributed by atoms with E-state index in [1.807, 2.05) is 37.3 Å². The highest BCUT2D eigenvalue weighted by Gasteiger charge is 2.42. The molecule has 4 nitrogen and oxygen atoms in total. The zero-order valence-corrected chi connectivity index (χ0v) is 12.0. The van der Waals surface area contributed by atoms with Gasteiger partial charge in [0.2, 0.25) is 0 Å². The molecule has 1 unspecified atom stereocenters. The molecule has 110 valence electrons. The van der Waals surface area contributed by atoms with Gasteiger partial charge in [-0.3, -0.25) is 4.79 Å². The molecular formula is C16H23NO3. The smallest absolute Gasteiger partial charge is 0.310 e. The predicted molar refractivity (Wildman–Crippen MR) is 78.0 cm³/mol. The molecule has 1 aliphatic heterocycles. The van der Waals surface area contributed by atoms with Crippen LogP contribution in [0.5, 0.6) is 5.75 Å². The maximum absolute atomic E-state index is 11.4. The molecule has 1 fully saturated rings. The van der Waals surface area contributed by atoms with E-state index in [9.17, 15) is 9.90 Å². The Morgan fingerprint density at radius 1 is 1.40 bits per heavy atom. The standard InChI is InChI=1S/C16H23NO3/c1-2-16(15(18)19)9-11-17(13-16)10-6-12-20-14-7-4-3-5-8-14/h3-5,7-8H,2,6,9-13H2,1H3,(H,18,19). The van der Waals surface area contributed by atoms with Crippen molar-refractivity contribution in [2.75, 3.05) is 26.2 Å². The molecule has 0 amide bonds. The Morgan fingerprint density at radius 2 is 2.15 bits per heavy atom. The summed E-state index contributed by atoms with van der Waals surface area (Å²) >= 11 is 0. The molecule has 0 aliphatic carbocycles. The van der Waals surface area contributed by atoms with E-state index in [1.54, 1.807) is 0 Å². The third-order valence-electron chi connectivity index (χ3n) is 4.19. The summed E-state index contributed by atoms with van der Waals surface area (Å²) in [5, 5.41) is 9.35. The average Bonchev–Trinajstić information content (AvgIpc) is 2.90. The maximum Gasteiger partial charge on any atom is 0.310 e. The summed E-state index contributed by atoms with van der Waals surface area (Å²) < 4.78 is 5.65. The number of carboxylic acid groups (broad SMARTS) is 1. The van der Waals surface area contributed by atoms with Gasteiger partial charge >= 0.3 is 5.97 Å². The van der Waals surface area contributed by atoms with E-state index in [2.05, 4.69) is 4.90 Å². The van der Waals surface area contributed by atoms with Crippen LogP contribution in [0.1, 0.15) is 26.2 Å². The lowest BCUT2D eigenvalue weighted by Gasteiger charge is -2.23. The minimum absolute atomic E-state index is 0.527. The first-order chi connectivity index (χ1) is 9.66. The van der Waals surface area contributed by atoms with Crippen LogP contribution in [0.15, 0.2) is 30.3 Å². The van der Waals surface area contributed by atoms with E-state index >= 15 is 0 Å². The molecule has 0 bridgehead atoms. The van der Waals surface area contributed by atoms with Crippen molar-refractivity contribution in [2.24, 2.45) is 5.41 Å². The van der Waals surface area contributed by atoms with Crippen LogP contribution in [0.25, 0.3) is 0 Å². The van der Waals surface area contributed by atoms with Gasteiger partial charge in [0.15, 0.2) is 0 Å². The molecule has 0 saturated carbocycles. The van der Waals surface area contributed by atoms with Crippen LogP contribution in [-0.4, -0.2) is 42.2 Å². The summed E-state index contributed by atoms with van der Waals surface area (Å²) in [6, 6.07) is 9.77. The van der Waals surface area contributed by atoms with Gasteiger partial charge in [-0.05, 0) is 37.9 Å². The first kappa shape index (κ1) is 14.9. The van der Waals surface area contributed by atoms with Gasteiger partial charge in [-0.1, -0.05) is 25.1 Å². The molecule has 0 spiro atoms. The minimum atomic E-state index is -0.650. The number of carbonyl (C=O) groups is 1. The molecule has 1 saturated heterocycles. The second kappa shape index (κ2) is 6.75. The fraction of sp³-hybridized carbons (Fsp3) is 0.562. The summed E-state index contributed by atoms with van der Waals surface area (Å²) in [5.41, 5.74) is -0.527. The molecule has 0 radical (unpaired) electrons. The van der Waals surface area contributed by atoms with Crippen LogP contribution in [0, 0.1) is 5.41 Å². The van der Waals surface area contributed by atoms with E-state index in [4.69, 9.17) is 4.74 Å². The van der Waals surface area contributed by atoms with Gasteiger partial charge in [0, 0.05) is 13.1 Å². The van der Waals surface area contributed by atoms with Crippen molar-refractivity contribution in [3.05, 3.63) is 30.3 Å². The Bertz CT molecular complexity index is 435. The molecular weight excluding hydrogens is 254 g/mol. The second-order valence-electron chi connectivity index (χ2n) is 5.48. The number of hydrogen-bond acceptors (Lipinski definition) is 3. The van der Waals surface area contributed by atoms with Gasteiger partial charge in [0.05, 0.1) is 12.0 Å². The van der Waals surface area contributed by atoms with Gasteiger partial charge in [-0.25, -0.2) is 0 Å². The minimum Gasteiger partial charge on any atom is -0.494 e. The molecule has 1 aromatic carbocycles. The van der Waals surface area contributed by atoms with Gasteiger partial charge in [0.1, 0.15) is 5.75 Å². The summed E-state index contributed by atoms with van der Waals surface area (Å²) in [5.74, 6) is 0.241. The Kier molecular flexibility index (Phi) is 5.01. The van der Waals surface area contributed by atoms with Crippen molar-refractivity contribution in [3.8, 4) is 5.75 Å². The van der Waals surface area contributed by atoms with Crippen LogP contribution in [0.3, 0.4) is 0 Å². The fourth-order valence-corrected chi connectivity index (χ4v) is 2.76. The summed E-state index contributed by atoms with van der Waals surface area (Å²) in [4.78, 5) is 13.6. The highest BCUT2D eigenvalue weighted by molar-refractivity contribution is 5.75. The van der Waals surface area contributed by atoms with E-state index in [0.29, 0.717) is 19.6 Å². The molecule has 4 heteroatoms. The van der Waals surface area contributed by atoms with E-state index in [0.717, 1.165) is 31.7 Å². The van der Waals surface area contributed by atoms with Crippen LogP contribution in [-0.2, 0) is 4.79 Å². The zero-order valence-electron chi connectivity index (χ0n) is 12.0. The summed E-state index contributed by atoms with van der Waals surface area (Å²) in [7, 11) is 0. The number of hydrogen-bond donors (Lipinski definition) is 1. The number of benzene rings is 1. The summed E-state index contributed by atoms with van der Waals surface area (Å²) in [6.45, 7) is 5.10. The Balaban J connectivity index is 1.70. The SMILES string of the molecule is CCC1(C(=O)O)CCN(CCCOc2ccccc2)C1. The largest absolute Gasteiger partial charge is 0.494 e. The van der Waals surface area contributed by atoms with Crippen molar-refractivity contribution < 1.29 is 14.6 Å². The van der Waals surface area contributed by atoms with Crippen molar-refractivity contribution in [1.82, 2.24) is 4.90 Å². The fourth-order valence-electron chi connectivity index (χ4n) is 2.76. The molecule has 1 aliphatic rings. The molecule has 1 atom stereocenters. The first-order valence-corrected chi connectivity index (χ1v) is 7.30. The number of rotatable bonds is 7. The number of para-hydroxylation sites is 1. The molecule has 1 aromatic rings. The monoisotopic (exact) mass is 277 g/mol. The van der Waals surface area contributed by atoms with Crippen molar-refractivity contribution in [1.29, 1.82) is 0 Å². The lowest BCUT2D eigenvalue weighted by molar-refractivity contribution is -0.148. The van der Waals surface area contributed by atoms with Crippen molar-refractivity contribution in [2.45, 2.75) is 26.2 Å². The van der Waals surface area contributed by atoms with E-state index < -0.39 is 11.4 Å². The lowest BCUT2D eigenvalue weighted by Crippen LogP contribution is -2.34. The molecule has 0 aromatic heterocycles. The van der Waals surface area contributed by atoms with Crippen LogP contribution in [0.4, 0.5) is 0 Å². The Hall–Kier alpha value is -1.55. The highest BCUT2D eigenvalue weighted by Crippen LogP contribution is 2.34. The molecule has 2 rings (SSSR count). The predicted octanol–water partition coefficient (Wildman–Crippen LogP) is 2.64. The number of aliphatic carboxylic acids is 1. The second-order valence-corrected chi connectivity index (χ2v) is 5.48. The van der Waals surface area contributed by atoms with Gasteiger partial charge in [0.25, 0.3) is 0 Å². The number of nitrogens with zero attached hydrogens (tertiary/aromatic N) is 1. The van der Waals surface area contributed by atoms with Gasteiger partial charge < -0.3 is 14.7 Å². The topological polar surface area (TPSA) is 49.8 Å². The van der Waals surface area contributed by atoms with E-state index in [-0.39, 0.29) is 0 Å². The number of carboxylic acids is 1. The molecule has 1 N–H and O–H groups in total. The van der Waals surface area contributed by atoms with Crippen molar-refractivity contribution in [3.63, 3.8) is 0 Å². The lowest BCUT2D eigenvalue weighted by atomic mass is 9.84. The normalized spacial score (nSPS) is 22.9. The number of ether oxygens (including phenoxy) is 1. The Labute approximate surface area is 120 Å². The van der Waals surface area contributed by atoms with Crippen LogP contribution >= 0.6 is 0 Å². The summed E-state index contributed by atoms with van der Waals surface area (Å²) in [6.07, 6.45) is 2.39. The third kappa shape index (κ3) is 3.51. The first-order valence-electron chi connectivity index (χ1n) is 7.30. The average molecular weight is 277 g/mol. The van der Waals surface area contributed by atoms with Crippen molar-refractivity contribution >= 4 is 5.97 Å². The third-order valence-corrected chi connectivity index (χ3v) is 4.19. The van der Waals surface area contributed by atoms with Gasteiger partial charge in [-0.15, -0.1) is 0 Å². The maximum atomic E-state index is 11.4. The number of likely N-dealkylation sites (tertiary alicyclic amines) is 1. The van der Waals surface area contributed by atoms with E-state index in [1.165, 1.54) is 0 Å². The zero-order chi connectivity index (χ0) is 14.4. The van der Waals surface area contributed by atoms with Crippen LogP contribution < -0.4 is 4.74 Å². The highest BCUT2D eigenvalue weighted by atomic mass is 16.5. The molecule has 20 heavy (non-hydrogen) atoms.